The predicted octanol–water partition coefficient (Wildman–Crippen LogP) is 1.81. The molecule has 3 heteroatoms. The molecular formula is C10H19FO2. The van der Waals surface area contributed by atoms with Crippen molar-refractivity contribution in [1.82, 2.24) is 0 Å². The molecule has 0 aromatic carbocycles. The third-order valence-electron chi connectivity index (χ3n) is 1.85. The maximum Gasteiger partial charge on any atom is 0.146 e. The molecule has 0 aliphatic rings. The fourth-order valence-corrected chi connectivity index (χ4v) is 0.967. The molecule has 78 valence electrons. The van der Waals surface area contributed by atoms with Crippen molar-refractivity contribution in [3.8, 4) is 0 Å². The molecule has 0 spiro atoms. The van der Waals surface area contributed by atoms with Crippen molar-refractivity contribution in [2.45, 2.75) is 44.9 Å². The van der Waals surface area contributed by atoms with E-state index in [-0.39, 0.29) is 0 Å². The summed E-state index contributed by atoms with van der Waals surface area (Å²) in [4.78, 5) is 0. The van der Waals surface area contributed by atoms with Crippen molar-refractivity contribution in [1.29, 1.82) is 0 Å². The van der Waals surface area contributed by atoms with Crippen LogP contribution in [0, 0.1) is 0 Å². The maximum absolute atomic E-state index is 12.8. The average molecular weight is 190 g/mol. The fourth-order valence-electron chi connectivity index (χ4n) is 0.967. The smallest absolute Gasteiger partial charge is 0.146 e. The summed E-state index contributed by atoms with van der Waals surface area (Å²) in [6, 6.07) is 0. The number of unbranched alkanes of at least 4 members (excludes halogenated alkanes) is 3. The number of allylic oxidation sites excluding steroid dienone is 1. The summed E-state index contributed by atoms with van der Waals surface area (Å²) < 4.78 is 12.8. The van der Waals surface area contributed by atoms with Crippen LogP contribution in [-0.2, 0) is 0 Å². The van der Waals surface area contributed by atoms with Crippen LogP contribution in [0.4, 0.5) is 4.39 Å². The topological polar surface area (TPSA) is 40.5 Å². The van der Waals surface area contributed by atoms with Gasteiger partial charge in [-0.1, -0.05) is 31.9 Å². The Bertz CT molecular complexity index is 137. The molecule has 0 aromatic rings. The SMILES string of the molecule is CCCCC/C=C\C(F)[C@H](O)CO. The van der Waals surface area contributed by atoms with Crippen molar-refractivity contribution >= 4 is 0 Å². The first-order valence-electron chi connectivity index (χ1n) is 4.82. The first kappa shape index (κ1) is 12.6. The lowest BCUT2D eigenvalue weighted by Crippen LogP contribution is -2.23. The van der Waals surface area contributed by atoms with Crippen molar-refractivity contribution in [2.24, 2.45) is 0 Å². The van der Waals surface area contributed by atoms with Gasteiger partial charge in [-0.2, -0.15) is 0 Å². The van der Waals surface area contributed by atoms with E-state index in [1.807, 2.05) is 0 Å². The second kappa shape index (κ2) is 8.20. The van der Waals surface area contributed by atoms with E-state index in [0.717, 1.165) is 25.7 Å². The fraction of sp³-hybridized carbons (Fsp3) is 0.800. The van der Waals surface area contributed by atoms with Gasteiger partial charge in [0.25, 0.3) is 0 Å². The Hall–Kier alpha value is -0.410. The Morgan fingerprint density at radius 2 is 2.08 bits per heavy atom. The van der Waals surface area contributed by atoms with Crippen LogP contribution >= 0.6 is 0 Å². The molecule has 0 saturated carbocycles. The van der Waals surface area contributed by atoms with E-state index in [1.54, 1.807) is 6.08 Å². The van der Waals surface area contributed by atoms with Gasteiger partial charge in [0.2, 0.25) is 0 Å². The molecule has 0 fully saturated rings. The van der Waals surface area contributed by atoms with E-state index in [4.69, 9.17) is 10.2 Å². The minimum Gasteiger partial charge on any atom is -0.394 e. The molecule has 2 atom stereocenters. The zero-order chi connectivity index (χ0) is 10.1. The molecule has 0 aliphatic heterocycles. The van der Waals surface area contributed by atoms with Crippen molar-refractivity contribution in [3.05, 3.63) is 12.2 Å². The maximum atomic E-state index is 12.8. The zero-order valence-electron chi connectivity index (χ0n) is 8.12. The second-order valence-corrected chi connectivity index (χ2v) is 3.12. The molecule has 13 heavy (non-hydrogen) atoms. The molecule has 2 N–H and O–H groups in total. The number of aliphatic hydroxyl groups is 2. The van der Waals surface area contributed by atoms with E-state index >= 15 is 0 Å². The van der Waals surface area contributed by atoms with Crippen LogP contribution in [0.25, 0.3) is 0 Å². The number of hydrogen-bond donors (Lipinski definition) is 2. The molecule has 1 unspecified atom stereocenters. The lowest BCUT2D eigenvalue weighted by atomic mass is 10.1. The Kier molecular flexibility index (Phi) is 7.94. The Morgan fingerprint density at radius 3 is 2.62 bits per heavy atom. The predicted molar refractivity (Wildman–Crippen MR) is 51.3 cm³/mol. The van der Waals surface area contributed by atoms with Crippen LogP contribution in [0.1, 0.15) is 32.6 Å². The van der Waals surface area contributed by atoms with Crippen molar-refractivity contribution < 1.29 is 14.6 Å². The summed E-state index contributed by atoms with van der Waals surface area (Å²) in [5.41, 5.74) is 0. The first-order chi connectivity index (χ1) is 6.22. The average Bonchev–Trinajstić information content (AvgIpc) is 2.16. The largest absolute Gasteiger partial charge is 0.394 e. The summed E-state index contributed by atoms with van der Waals surface area (Å²) in [6.45, 7) is 1.58. The lowest BCUT2D eigenvalue weighted by Gasteiger charge is -2.07. The zero-order valence-corrected chi connectivity index (χ0v) is 8.12. The summed E-state index contributed by atoms with van der Waals surface area (Å²) in [6.07, 6.45) is 4.50. The van der Waals surface area contributed by atoms with Crippen LogP contribution in [0.5, 0.6) is 0 Å². The Morgan fingerprint density at radius 1 is 1.38 bits per heavy atom. The monoisotopic (exact) mass is 190 g/mol. The van der Waals surface area contributed by atoms with Crippen LogP contribution < -0.4 is 0 Å². The molecule has 2 nitrogen and oxygen atoms in total. The second-order valence-electron chi connectivity index (χ2n) is 3.12. The van der Waals surface area contributed by atoms with E-state index < -0.39 is 18.9 Å². The molecule has 0 aromatic heterocycles. The van der Waals surface area contributed by atoms with E-state index in [1.165, 1.54) is 6.08 Å². The van der Waals surface area contributed by atoms with E-state index in [0.29, 0.717) is 0 Å². The van der Waals surface area contributed by atoms with Gasteiger partial charge >= 0.3 is 0 Å². The van der Waals surface area contributed by atoms with Gasteiger partial charge in [-0.05, 0) is 12.8 Å². The van der Waals surface area contributed by atoms with E-state index in [9.17, 15) is 4.39 Å². The van der Waals surface area contributed by atoms with Gasteiger partial charge in [0.15, 0.2) is 0 Å². The van der Waals surface area contributed by atoms with E-state index in [2.05, 4.69) is 6.92 Å². The summed E-state index contributed by atoms with van der Waals surface area (Å²) in [7, 11) is 0. The highest BCUT2D eigenvalue weighted by molar-refractivity contribution is 4.92. The molecule has 0 radical (unpaired) electrons. The molecule has 0 aliphatic carbocycles. The normalized spacial score (nSPS) is 16.3. The van der Waals surface area contributed by atoms with Crippen molar-refractivity contribution in [2.75, 3.05) is 6.61 Å². The van der Waals surface area contributed by atoms with Gasteiger partial charge in [-0.3, -0.25) is 0 Å². The van der Waals surface area contributed by atoms with Crippen LogP contribution in [0.15, 0.2) is 12.2 Å². The lowest BCUT2D eigenvalue weighted by molar-refractivity contribution is 0.0469. The third kappa shape index (κ3) is 6.72. The summed E-state index contributed by atoms with van der Waals surface area (Å²) >= 11 is 0. The minimum absolute atomic E-state index is 0.527. The highest BCUT2D eigenvalue weighted by Gasteiger charge is 2.12. The molecule has 0 bridgehead atoms. The minimum atomic E-state index is -1.44. The number of hydrogen-bond acceptors (Lipinski definition) is 2. The van der Waals surface area contributed by atoms with Crippen LogP contribution in [-0.4, -0.2) is 29.1 Å². The molecule has 0 rings (SSSR count). The van der Waals surface area contributed by atoms with Gasteiger partial charge in [0.05, 0.1) is 6.61 Å². The summed E-state index contributed by atoms with van der Waals surface area (Å²) in [5.74, 6) is 0. The summed E-state index contributed by atoms with van der Waals surface area (Å²) in [5, 5.41) is 17.3. The Labute approximate surface area is 79.1 Å². The number of aliphatic hydroxyl groups excluding tert-OH is 2. The highest BCUT2D eigenvalue weighted by Crippen LogP contribution is 2.04. The van der Waals surface area contributed by atoms with Crippen LogP contribution in [0.3, 0.4) is 0 Å². The number of alkyl halides is 1. The van der Waals surface area contributed by atoms with Gasteiger partial charge in [0, 0.05) is 0 Å². The molecule has 0 saturated heterocycles. The first-order valence-corrected chi connectivity index (χ1v) is 4.82. The van der Waals surface area contributed by atoms with Crippen molar-refractivity contribution in [3.63, 3.8) is 0 Å². The molecule has 0 heterocycles. The third-order valence-corrected chi connectivity index (χ3v) is 1.85. The van der Waals surface area contributed by atoms with Gasteiger partial charge < -0.3 is 10.2 Å². The van der Waals surface area contributed by atoms with Crippen LogP contribution in [0.2, 0.25) is 0 Å². The molecular weight excluding hydrogens is 171 g/mol. The van der Waals surface area contributed by atoms with Gasteiger partial charge in [-0.25, -0.2) is 4.39 Å². The Balaban J connectivity index is 3.47. The van der Waals surface area contributed by atoms with Gasteiger partial charge in [-0.15, -0.1) is 0 Å². The number of halogens is 1. The quantitative estimate of drug-likeness (QED) is 0.475. The van der Waals surface area contributed by atoms with Gasteiger partial charge in [0.1, 0.15) is 12.3 Å². The standard InChI is InChI=1S/C10H19FO2/c1-2-3-4-5-6-7-9(11)10(13)8-12/h6-7,9-10,12-13H,2-5,8H2,1H3/b7-6-/t9?,10-/m1/s1. The highest BCUT2D eigenvalue weighted by atomic mass is 19.1. The molecule has 0 amide bonds. The number of rotatable bonds is 7.